The Morgan fingerprint density at radius 1 is 1.39 bits per heavy atom. The average molecular weight is 262 g/mol. The maximum absolute atomic E-state index is 12.0. The molecule has 0 saturated heterocycles. The van der Waals surface area contributed by atoms with Gasteiger partial charge in [0.2, 0.25) is 0 Å². The van der Waals surface area contributed by atoms with E-state index < -0.39 is 0 Å². The van der Waals surface area contributed by atoms with Crippen LogP contribution < -0.4 is 16.6 Å². The van der Waals surface area contributed by atoms with Gasteiger partial charge in [-0.2, -0.15) is 0 Å². The highest BCUT2D eigenvalue weighted by Crippen LogP contribution is 2.19. The van der Waals surface area contributed by atoms with Gasteiger partial charge < -0.3 is 5.43 Å². The standard InChI is InChI=1S/C12H14N4OS/c1-7-5-9(3-4-10(7)16-13)11(17)15-12-14-6-8(2)18-12/h3-6,16H,13H2,1-2H3,(H,14,15,17). The van der Waals surface area contributed by atoms with Crippen molar-refractivity contribution < 1.29 is 4.79 Å². The smallest absolute Gasteiger partial charge is 0.257 e. The number of carbonyl (C=O) groups is 1. The van der Waals surface area contributed by atoms with E-state index in [2.05, 4.69) is 15.7 Å². The zero-order chi connectivity index (χ0) is 13.1. The molecule has 0 saturated carbocycles. The number of rotatable bonds is 3. The molecule has 1 heterocycles. The molecule has 4 N–H and O–H groups in total. The Morgan fingerprint density at radius 2 is 2.17 bits per heavy atom. The molecule has 1 aromatic heterocycles. The van der Waals surface area contributed by atoms with Gasteiger partial charge >= 0.3 is 0 Å². The highest BCUT2D eigenvalue weighted by Gasteiger charge is 2.09. The Labute approximate surface area is 109 Å². The van der Waals surface area contributed by atoms with Crippen molar-refractivity contribution in [2.45, 2.75) is 13.8 Å². The van der Waals surface area contributed by atoms with Crippen LogP contribution in [0.25, 0.3) is 0 Å². The number of hydrogen-bond donors (Lipinski definition) is 3. The molecule has 0 spiro atoms. The fraction of sp³-hybridized carbons (Fsp3) is 0.167. The number of nitrogens with zero attached hydrogens (tertiary/aromatic N) is 1. The van der Waals surface area contributed by atoms with Crippen molar-refractivity contribution in [3.63, 3.8) is 0 Å². The van der Waals surface area contributed by atoms with Crippen molar-refractivity contribution in [3.8, 4) is 0 Å². The summed E-state index contributed by atoms with van der Waals surface area (Å²) < 4.78 is 0. The van der Waals surface area contributed by atoms with Crippen LogP contribution in [-0.4, -0.2) is 10.9 Å². The summed E-state index contributed by atoms with van der Waals surface area (Å²) in [5.41, 5.74) is 4.87. The number of hydrazine groups is 1. The summed E-state index contributed by atoms with van der Waals surface area (Å²) in [5, 5.41) is 3.37. The Kier molecular flexibility index (Phi) is 3.59. The van der Waals surface area contributed by atoms with Crippen LogP contribution in [-0.2, 0) is 0 Å². The van der Waals surface area contributed by atoms with Gasteiger partial charge in [-0.05, 0) is 37.6 Å². The summed E-state index contributed by atoms with van der Waals surface area (Å²) >= 11 is 1.45. The van der Waals surface area contributed by atoms with Gasteiger partial charge in [-0.15, -0.1) is 11.3 Å². The maximum Gasteiger partial charge on any atom is 0.257 e. The largest absolute Gasteiger partial charge is 0.324 e. The van der Waals surface area contributed by atoms with Crippen LogP contribution in [0.15, 0.2) is 24.4 Å². The predicted octanol–water partition coefficient (Wildman–Crippen LogP) is 2.30. The van der Waals surface area contributed by atoms with E-state index in [1.165, 1.54) is 11.3 Å². The number of nitrogens with one attached hydrogen (secondary N) is 2. The second kappa shape index (κ2) is 5.16. The summed E-state index contributed by atoms with van der Waals surface area (Å²) in [4.78, 5) is 17.1. The molecule has 5 nitrogen and oxygen atoms in total. The lowest BCUT2D eigenvalue weighted by atomic mass is 10.1. The van der Waals surface area contributed by atoms with Gasteiger partial charge in [0.25, 0.3) is 5.91 Å². The van der Waals surface area contributed by atoms with Gasteiger partial charge in [0.15, 0.2) is 5.13 Å². The van der Waals surface area contributed by atoms with Crippen LogP contribution in [0.2, 0.25) is 0 Å². The number of aromatic nitrogens is 1. The molecule has 0 fully saturated rings. The van der Waals surface area contributed by atoms with E-state index in [0.717, 1.165) is 16.1 Å². The molecule has 0 unspecified atom stereocenters. The zero-order valence-corrected chi connectivity index (χ0v) is 11.0. The molecule has 0 aliphatic carbocycles. The van der Waals surface area contributed by atoms with Crippen LogP contribution in [0.4, 0.5) is 10.8 Å². The quantitative estimate of drug-likeness (QED) is 0.585. The summed E-state index contributed by atoms with van der Waals surface area (Å²) in [5.74, 6) is 5.17. The van der Waals surface area contributed by atoms with Crippen molar-refractivity contribution in [1.29, 1.82) is 0 Å². The fourth-order valence-corrected chi connectivity index (χ4v) is 2.21. The average Bonchev–Trinajstić information content (AvgIpc) is 2.74. The predicted molar refractivity (Wildman–Crippen MR) is 73.8 cm³/mol. The second-order valence-electron chi connectivity index (χ2n) is 3.90. The highest BCUT2D eigenvalue weighted by atomic mass is 32.1. The van der Waals surface area contributed by atoms with Gasteiger partial charge in [0.1, 0.15) is 0 Å². The highest BCUT2D eigenvalue weighted by molar-refractivity contribution is 7.15. The van der Waals surface area contributed by atoms with Crippen molar-refractivity contribution in [2.75, 3.05) is 10.7 Å². The summed E-state index contributed by atoms with van der Waals surface area (Å²) in [7, 11) is 0. The number of anilines is 2. The lowest BCUT2D eigenvalue weighted by molar-refractivity contribution is 0.102. The molecular formula is C12H14N4OS. The number of nitrogens with two attached hydrogens (primary N) is 1. The first-order valence-electron chi connectivity index (χ1n) is 5.41. The van der Waals surface area contributed by atoms with Crippen LogP contribution in [0.5, 0.6) is 0 Å². The molecule has 2 rings (SSSR count). The zero-order valence-electron chi connectivity index (χ0n) is 10.2. The first kappa shape index (κ1) is 12.5. The Morgan fingerprint density at radius 3 is 2.72 bits per heavy atom. The molecular weight excluding hydrogens is 248 g/mol. The lowest BCUT2D eigenvalue weighted by Gasteiger charge is -2.07. The molecule has 94 valence electrons. The molecule has 0 atom stereocenters. The SMILES string of the molecule is Cc1cnc(NC(=O)c2ccc(NN)c(C)c2)s1. The van der Waals surface area contributed by atoms with E-state index in [1.54, 1.807) is 24.4 Å². The van der Waals surface area contributed by atoms with Crippen molar-refractivity contribution >= 4 is 28.1 Å². The normalized spacial score (nSPS) is 10.2. The van der Waals surface area contributed by atoms with Gasteiger partial charge in [0.05, 0.1) is 5.69 Å². The van der Waals surface area contributed by atoms with E-state index in [9.17, 15) is 4.79 Å². The number of amides is 1. The number of benzene rings is 1. The minimum absolute atomic E-state index is 0.170. The van der Waals surface area contributed by atoms with Gasteiger partial charge in [-0.3, -0.25) is 16.0 Å². The summed E-state index contributed by atoms with van der Waals surface area (Å²) in [6.07, 6.45) is 1.73. The van der Waals surface area contributed by atoms with Crippen LogP contribution in [0, 0.1) is 13.8 Å². The first-order valence-corrected chi connectivity index (χ1v) is 6.23. The monoisotopic (exact) mass is 262 g/mol. The molecule has 0 radical (unpaired) electrons. The molecule has 0 aliphatic rings. The minimum atomic E-state index is -0.170. The number of hydrogen-bond acceptors (Lipinski definition) is 5. The molecule has 0 bridgehead atoms. The number of nitrogen functional groups attached to an aromatic ring is 1. The van der Waals surface area contributed by atoms with E-state index in [0.29, 0.717) is 10.7 Å². The van der Waals surface area contributed by atoms with Crippen LogP contribution in [0.1, 0.15) is 20.8 Å². The number of thiazole rings is 1. The van der Waals surface area contributed by atoms with E-state index >= 15 is 0 Å². The molecule has 1 aromatic carbocycles. The third-order valence-corrected chi connectivity index (χ3v) is 3.31. The molecule has 6 heteroatoms. The molecule has 0 aliphatic heterocycles. The van der Waals surface area contributed by atoms with E-state index in [4.69, 9.17) is 5.84 Å². The number of aryl methyl sites for hydroxylation is 2. The number of carbonyl (C=O) groups excluding carboxylic acids is 1. The Balaban J connectivity index is 2.16. The lowest BCUT2D eigenvalue weighted by Crippen LogP contribution is -2.13. The fourth-order valence-electron chi connectivity index (χ4n) is 1.55. The topological polar surface area (TPSA) is 80.0 Å². The molecule has 18 heavy (non-hydrogen) atoms. The van der Waals surface area contributed by atoms with Crippen molar-refractivity contribution in [2.24, 2.45) is 5.84 Å². The van der Waals surface area contributed by atoms with Gasteiger partial charge in [-0.25, -0.2) is 4.98 Å². The Hall–Kier alpha value is -1.92. The van der Waals surface area contributed by atoms with Crippen LogP contribution >= 0.6 is 11.3 Å². The van der Waals surface area contributed by atoms with Crippen LogP contribution in [0.3, 0.4) is 0 Å². The third-order valence-electron chi connectivity index (χ3n) is 2.49. The second-order valence-corrected chi connectivity index (χ2v) is 5.14. The Bertz CT molecular complexity index is 579. The molecule has 2 aromatic rings. The third kappa shape index (κ3) is 2.66. The van der Waals surface area contributed by atoms with Gasteiger partial charge in [0, 0.05) is 16.6 Å². The summed E-state index contributed by atoms with van der Waals surface area (Å²) in [6.45, 7) is 3.83. The van der Waals surface area contributed by atoms with Gasteiger partial charge in [-0.1, -0.05) is 0 Å². The maximum atomic E-state index is 12.0. The molecule has 1 amide bonds. The van der Waals surface area contributed by atoms with E-state index in [1.807, 2.05) is 13.8 Å². The van der Waals surface area contributed by atoms with Crippen molar-refractivity contribution in [1.82, 2.24) is 4.98 Å². The first-order chi connectivity index (χ1) is 8.60. The minimum Gasteiger partial charge on any atom is -0.324 e. The summed E-state index contributed by atoms with van der Waals surface area (Å²) in [6, 6.07) is 5.28. The van der Waals surface area contributed by atoms with Crippen molar-refractivity contribution in [3.05, 3.63) is 40.4 Å². The van der Waals surface area contributed by atoms with E-state index in [-0.39, 0.29) is 5.91 Å².